The summed E-state index contributed by atoms with van der Waals surface area (Å²) in [5, 5.41) is 2.65. The molecule has 1 heterocycles. The van der Waals surface area contributed by atoms with Crippen LogP contribution in [-0.2, 0) is 4.79 Å². The molecule has 116 valence electrons. The van der Waals surface area contributed by atoms with Crippen molar-refractivity contribution in [3.8, 4) is 0 Å². The summed E-state index contributed by atoms with van der Waals surface area (Å²) in [7, 11) is 0. The zero-order valence-corrected chi connectivity index (χ0v) is 12.7. The first kappa shape index (κ1) is 15.8. The van der Waals surface area contributed by atoms with E-state index in [9.17, 15) is 9.18 Å². The Hall–Kier alpha value is -1.62. The summed E-state index contributed by atoms with van der Waals surface area (Å²) in [6, 6.07) is 4.29. The molecule has 2 atom stereocenters. The number of hydrogen-bond donors (Lipinski definition) is 2. The minimum Gasteiger partial charge on any atom is -0.399 e. The van der Waals surface area contributed by atoms with Crippen molar-refractivity contribution < 1.29 is 9.18 Å². The Morgan fingerprint density at radius 3 is 2.95 bits per heavy atom. The predicted octanol–water partition coefficient (Wildman–Crippen LogP) is 3.00. The Labute approximate surface area is 125 Å². The molecule has 1 amide bonds. The predicted molar refractivity (Wildman–Crippen MR) is 83.5 cm³/mol. The molecule has 0 aliphatic carbocycles. The van der Waals surface area contributed by atoms with Gasteiger partial charge >= 0.3 is 0 Å². The van der Waals surface area contributed by atoms with Crippen LogP contribution in [0.4, 0.5) is 15.8 Å². The molecule has 1 fully saturated rings. The van der Waals surface area contributed by atoms with E-state index in [1.807, 2.05) is 6.92 Å². The van der Waals surface area contributed by atoms with E-state index in [0.29, 0.717) is 11.7 Å². The van der Waals surface area contributed by atoms with Crippen LogP contribution in [0, 0.1) is 5.82 Å². The number of halogens is 1. The van der Waals surface area contributed by atoms with Gasteiger partial charge in [-0.2, -0.15) is 0 Å². The average molecular weight is 293 g/mol. The van der Waals surface area contributed by atoms with Crippen LogP contribution in [0.5, 0.6) is 0 Å². The molecule has 2 rings (SSSR count). The number of nitrogens with one attached hydrogen (secondary N) is 1. The van der Waals surface area contributed by atoms with Gasteiger partial charge in [-0.05, 0) is 51.4 Å². The molecule has 1 aromatic rings. The SMILES string of the molecule is CC1CCCCCN1C(C)C(=O)Nc1cc(N)ccc1F. The number of hydrogen-bond acceptors (Lipinski definition) is 3. The molecule has 1 saturated heterocycles. The maximum Gasteiger partial charge on any atom is 0.241 e. The molecule has 0 saturated carbocycles. The molecule has 2 unspecified atom stereocenters. The van der Waals surface area contributed by atoms with Crippen molar-refractivity contribution in [1.29, 1.82) is 0 Å². The highest BCUT2D eigenvalue weighted by Crippen LogP contribution is 2.21. The molecule has 0 aromatic heterocycles. The second-order valence-electron chi connectivity index (χ2n) is 5.84. The fourth-order valence-electron chi connectivity index (χ4n) is 2.90. The van der Waals surface area contributed by atoms with Crippen LogP contribution in [0.2, 0.25) is 0 Å². The minimum atomic E-state index is -0.464. The van der Waals surface area contributed by atoms with Gasteiger partial charge in [-0.15, -0.1) is 0 Å². The van der Waals surface area contributed by atoms with Crippen molar-refractivity contribution in [1.82, 2.24) is 4.90 Å². The van der Waals surface area contributed by atoms with Crippen LogP contribution in [0.15, 0.2) is 18.2 Å². The van der Waals surface area contributed by atoms with Crippen LogP contribution in [-0.4, -0.2) is 29.4 Å². The topological polar surface area (TPSA) is 58.4 Å². The van der Waals surface area contributed by atoms with E-state index in [4.69, 9.17) is 5.73 Å². The number of carbonyl (C=O) groups is 1. The van der Waals surface area contributed by atoms with Crippen molar-refractivity contribution in [2.24, 2.45) is 0 Å². The lowest BCUT2D eigenvalue weighted by molar-refractivity contribution is -0.121. The van der Waals surface area contributed by atoms with E-state index in [1.54, 1.807) is 0 Å². The standard InChI is InChI=1S/C16H24FN3O/c1-11-6-4-3-5-9-20(11)12(2)16(21)19-15-10-13(18)7-8-14(15)17/h7-8,10-12H,3-6,9,18H2,1-2H3,(H,19,21). The summed E-state index contributed by atoms with van der Waals surface area (Å²) in [4.78, 5) is 14.6. The second kappa shape index (κ2) is 6.89. The number of nitrogens with two attached hydrogens (primary N) is 1. The van der Waals surface area contributed by atoms with Gasteiger partial charge in [0.15, 0.2) is 0 Å². The zero-order valence-electron chi connectivity index (χ0n) is 12.7. The number of anilines is 2. The van der Waals surface area contributed by atoms with E-state index in [2.05, 4.69) is 17.1 Å². The van der Waals surface area contributed by atoms with Crippen molar-refractivity contribution in [2.45, 2.75) is 51.6 Å². The summed E-state index contributed by atoms with van der Waals surface area (Å²) in [6.45, 7) is 4.94. The summed E-state index contributed by atoms with van der Waals surface area (Å²) in [5.74, 6) is -0.651. The van der Waals surface area contributed by atoms with E-state index in [-0.39, 0.29) is 17.6 Å². The fourth-order valence-corrected chi connectivity index (χ4v) is 2.90. The number of carbonyl (C=O) groups excluding carboxylic acids is 1. The fraction of sp³-hybridized carbons (Fsp3) is 0.562. The van der Waals surface area contributed by atoms with Crippen molar-refractivity contribution >= 4 is 17.3 Å². The molecule has 1 aromatic carbocycles. The number of nitrogen functional groups attached to an aromatic ring is 1. The van der Waals surface area contributed by atoms with Crippen LogP contribution < -0.4 is 11.1 Å². The van der Waals surface area contributed by atoms with Gasteiger partial charge in [0.2, 0.25) is 5.91 Å². The van der Waals surface area contributed by atoms with Crippen molar-refractivity contribution in [3.63, 3.8) is 0 Å². The third kappa shape index (κ3) is 3.94. The second-order valence-corrected chi connectivity index (χ2v) is 5.84. The Morgan fingerprint density at radius 2 is 2.19 bits per heavy atom. The van der Waals surface area contributed by atoms with Gasteiger partial charge in [-0.25, -0.2) is 4.39 Å². The van der Waals surface area contributed by atoms with Gasteiger partial charge in [0.25, 0.3) is 0 Å². The maximum absolute atomic E-state index is 13.7. The van der Waals surface area contributed by atoms with Crippen LogP contribution >= 0.6 is 0 Å². The first-order chi connectivity index (χ1) is 9.99. The van der Waals surface area contributed by atoms with E-state index < -0.39 is 5.82 Å². The summed E-state index contributed by atoms with van der Waals surface area (Å²) in [5.41, 5.74) is 6.22. The molecule has 5 heteroatoms. The molecule has 0 bridgehead atoms. The Bertz CT molecular complexity index is 506. The van der Waals surface area contributed by atoms with Crippen molar-refractivity contribution in [2.75, 3.05) is 17.6 Å². The summed E-state index contributed by atoms with van der Waals surface area (Å²) >= 11 is 0. The van der Waals surface area contributed by atoms with Crippen LogP contribution in [0.1, 0.15) is 39.5 Å². The molecule has 1 aliphatic rings. The average Bonchev–Trinajstić information content (AvgIpc) is 2.66. The van der Waals surface area contributed by atoms with Gasteiger partial charge in [0.1, 0.15) is 5.82 Å². The Balaban J connectivity index is 2.06. The summed E-state index contributed by atoms with van der Waals surface area (Å²) < 4.78 is 13.7. The number of rotatable bonds is 3. The van der Waals surface area contributed by atoms with Gasteiger partial charge < -0.3 is 11.1 Å². The highest BCUT2D eigenvalue weighted by molar-refractivity contribution is 5.95. The monoisotopic (exact) mass is 293 g/mol. The number of likely N-dealkylation sites (tertiary alicyclic amines) is 1. The highest BCUT2D eigenvalue weighted by atomic mass is 19.1. The van der Waals surface area contributed by atoms with Gasteiger partial charge in [-0.3, -0.25) is 9.69 Å². The normalized spacial score (nSPS) is 21.6. The maximum atomic E-state index is 13.7. The Kier molecular flexibility index (Phi) is 5.17. The largest absolute Gasteiger partial charge is 0.399 e. The quantitative estimate of drug-likeness (QED) is 0.842. The minimum absolute atomic E-state index is 0.148. The van der Waals surface area contributed by atoms with Gasteiger partial charge in [0, 0.05) is 11.7 Å². The zero-order chi connectivity index (χ0) is 15.4. The lowest BCUT2D eigenvalue weighted by Gasteiger charge is -2.32. The highest BCUT2D eigenvalue weighted by Gasteiger charge is 2.27. The van der Waals surface area contributed by atoms with Crippen molar-refractivity contribution in [3.05, 3.63) is 24.0 Å². The number of benzene rings is 1. The van der Waals surface area contributed by atoms with Crippen LogP contribution in [0.3, 0.4) is 0 Å². The molecule has 3 N–H and O–H groups in total. The van der Waals surface area contributed by atoms with Gasteiger partial charge in [0.05, 0.1) is 11.7 Å². The van der Waals surface area contributed by atoms with E-state index in [0.717, 1.165) is 19.4 Å². The Morgan fingerprint density at radius 1 is 1.43 bits per heavy atom. The molecular formula is C16H24FN3O. The molecular weight excluding hydrogens is 269 g/mol. The first-order valence-corrected chi connectivity index (χ1v) is 7.60. The molecule has 4 nitrogen and oxygen atoms in total. The molecule has 0 spiro atoms. The van der Waals surface area contributed by atoms with E-state index >= 15 is 0 Å². The van der Waals surface area contributed by atoms with Gasteiger partial charge in [-0.1, -0.05) is 12.8 Å². The lowest BCUT2D eigenvalue weighted by Crippen LogP contribution is -2.46. The lowest BCUT2D eigenvalue weighted by atomic mass is 10.1. The molecule has 1 aliphatic heterocycles. The smallest absolute Gasteiger partial charge is 0.241 e. The summed E-state index contributed by atoms with van der Waals surface area (Å²) in [6.07, 6.45) is 4.62. The molecule has 21 heavy (non-hydrogen) atoms. The number of amides is 1. The van der Waals surface area contributed by atoms with E-state index in [1.165, 1.54) is 31.0 Å². The van der Waals surface area contributed by atoms with Crippen LogP contribution in [0.25, 0.3) is 0 Å². The third-order valence-corrected chi connectivity index (χ3v) is 4.23. The molecule has 0 radical (unpaired) electrons. The number of nitrogens with zero attached hydrogens (tertiary/aromatic N) is 1. The first-order valence-electron chi connectivity index (χ1n) is 7.60. The third-order valence-electron chi connectivity index (χ3n) is 4.23.